The quantitative estimate of drug-likeness (QED) is 0.616. The van der Waals surface area contributed by atoms with E-state index in [2.05, 4.69) is 0 Å². The lowest BCUT2D eigenvalue weighted by Crippen LogP contribution is -2.20. The van der Waals surface area contributed by atoms with Crippen LogP contribution in [0.2, 0.25) is 0 Å². The van der Waals surface area contributed by atoms with Crippen molar-refractivity contribution in [2.75, 3.05) is 6.61 Å². The zero-order valence-electron chi connectivity index (χ0n) is 9.47. The number of carbonyl (C=O) groups excluding carboxylic acids is 1. The van der Waals surface area contributed by atoms with Gasteiger partial charge in [-0.15, -0.1) is 0 Å². The molecule has 0 aliphatic heterocycles. The van der Waals surface area contributed by atoms with E-state index in [0.717, 1.165) is 0 Å². The third-order valence-corrected chi connectivity index (χ3v) is 2.03. The molecule has 0 aliphatic rings. The normalized spacial score (nSPS) is 12.1. The number of carbonyl (C=O) groups is 1. The number of ether oxygens (including phenoxy) is 2. The summed E-state index contributed by atoms with van der Waals surface area (Å²) < 4.78 is 10.3. The van der Waals surface area contributed by atoms with Crippen molar-refractivity contribution in [3.05, 3.63) is 29.8 Å². The van der Waals surface area contributed by atoms with E-state index >= 15 is 0 Å². The second-order valence-corrected chi connectivity index (χ2v) is 3.25. The Morgan fingerprint density at radius 2 is 1.94 bits per heavy atom. The van der Waals surface area contributed by atoms with Crippen LogP contribution in [0.1, 0.15) is 30.6 Å². The number of benzene rings is 1. The van der Waals surface area contributed by atoms with E-state index in [1.54, 1.807) is 0 Å². The third kappa shape index (κ3) is 3.55. The summed E-state index contributed by atoms with van der Waals surface area (Å²) in [6.45, 7) is 4.23. The van der Waals surface area contributed by atoms with Gasteiger partial charge in [-0.3, -0.25) is 0 Å². The summed E-state index contributed by atoms with van der Waals surface area (Å²) in [5.74, 6) is -0.325. The lowest BCUT2D eigenvalue weighted by atomic mass is 10.2. The average molecular weight is 224 g/mol. The van der Waals surface area contributed by atoms with Crippen LogP contribution in [0.5, 0.6) is 5.75 Å². The fourth-order valence-corrected chi connectivity index (χ4v) is 1.21. The van der Waals surface area contributed by atoms with Crippen LogP contribution >= 0.6 is 0 Å². The van der Waals surface area contributed by atoms with Gasteiger partial charge in [0, 0.05) is 13.0 Å². The molecule has 0 saturated carbocycles. The Kier molecular flexibility index (Phi) is 4.79. The monoisotopic (exact) mass is 224 g/mol. The van der Waals surface area contributed by atoms with Crippen LogP contribution in [0, 0.1) is 0 Å². The summed E-state index contributed by atoms with van der Waals surface area (Å²) in [5, 5.41) is 9.07. The maximum atomic E-state index is 11.6. The topological polar surface area (TPSA) is 55.8 Å². The van der Waals surface area contributed by atoms with E-state index in [1.807, 2.05) is 13.8 Å². The molecule has 4 nitrogen and oxygen atoms in total. The predicted octanol–water partition coefficient (Wildman–Crippen LogP) is 2.32. The van der Waals surface area contributed by atoms with Gasteiger partial charge in [-0.2, -0.15) is 0 Å². The van der Waals surface area contributed by atoms with E-state index in [1.165, 1.54) is 24.3 Å². The van der Waals surface area contributed by atoms with E-state index in [9.17, 15) is 4.79 Å². The molecule has 1 N–H and O–H groups in total. The molecule has 1 aromatic rings. The fraction of sp³-hybridized carbons (Fsp3) is 0.417. The van der Waals surface area contributed by atoms with E-state index < -0.39 is 12.3 Å². The summed E-state index contributed by atoms with van der Waals surface area (Å²) in [6, 6.07) is 5.91. The van der Waals surface area contributed by atoms with Gasteiger partial charge in [-0.25, -0.2) is 4.79 Å². The molecule has 88 valence electrons. The Morgan fingerprint density at radius 1 is 1.31 bits per heavy atom. The highest BCUT2D eigenvalue weighted by Crippen LogP contribution is 2.12. The molecule has 0 aromatic heterocycles. The molecule has 1 aromatic carbocycles. The van der Waals surface area contributed by atoms with Crippen LogP contribution < -0.4 is 0 Å². The number of esters is 1. The van der Waals surface area contributed by atoms with Gasteiger partial charge in [0.1, 0.15) is 5.75 Å². The minimum absolute atomic E-state index is 0.119. The zero-order valence-corrected chi connectivity index (χ0v) is 9.47. The Morgan fingerprint density at radius 3 is 2.44 bits per heavy atom. The highest BCUT2D eigenvalue weighted by atomic mass is 16.7. The number of hydrogen-bond donors (Lipinski definition) is 1. The van der Waals surface area contributed by atoms with Gasteiger partial charge in [0.25, 0.3) is 0 Å². The molecule has 1 unspecified atom stereocenters. The van der Waals surface area contributed by atoms with Crippen LogP contribution in [0.4, 0.5) is 0 Å². The Hall–Kier alpha value is -1.55. The molecule has 16 heavy (non-hydrogen) atoms. The van der Waals surface area contributed by atoms with Crippen LogP contribution in [-0.2, 0) is 9.47 Å². The van der Waals surface area contributed by atoms with Crippen LogP contribution in [0.15, 0.2) is 24.3 Å². The standard InChI is InChI=1S/C12H16O4/c1-3-11(15-4-2)16-12(14)9-5-7-10(13)8-6-9/h5-8,11,13H,3-4H2,1-2H3. The highest BCUT2D eigenvalue weighted by molar-refractivity contribution is 5.89. The fourth-order valence-electron chi connectivity index (χ4n) is 1.21. The van der Waals surface area contributed by atoms with Crippen molar-refractivity contribution >= 4 is 5.97 Å². The minimum Gasteiger partial charge on any atom is -0.508 e. The molecule has 1 rings (SSSR count). The van der Waals surface area contributed by atoms with Crippen molar-refractivity contribution in [2.45, 2.75) is 26.6 Å². The molecule has 4 heteroatoms. The van der Waals surface area contributed by atoms with Crippen LogP contribution in [0.25, 0.3) is 0 Å². The lowest BCUT2D eigenvalue weighted by Gasteiger charge is -2.15. The predicted molar refractivity (Wildman–Crippen MR) is 59.2 cm³/mol. The van der Waals surface area contributed by atoms with Gasteiger partial charge < -0.3 is 14.6 Å². The second kappa shape index (κ2) is 6.12. The molecule has 0 fully saturated rings. The summed E-state index contributed by atoms with van der Waals surface area (Å²) in [7, 11) is 0. The molecule has 0 spiro atoms. The number of hydrogen-bond acceptors (Lipinski definition) is 4. The first kappa shape index (κ1) is 12.5. The Balaban J connectivity index is 2.60. The zero-order chi connectivity index (χ0) is 12.0. The van der Waals surface area contributed by atoms with Crippen LogP contribution in [0.3, 0.4) is 0 Å². The van der Waals surface area contributed by atoms with E-state index in [-0.39, 0.29) is 5.75 Å². The highest BCUT2D eigenvalue weighted by Gasteiger charge is 2.13. The molecule has 0 bridgehead atoms. The van der Waals surface area contributed by atoms with E-state index in [0.29, 0.717) is 18.6 Å². The molecule has 0 heterocycles. The molecule has 0 saturated heterocycles. The average Bonchev–Trinajstić information content (AvgIpc) is 2.29. The molecule has 0 amide bonds. The number of rotatable bonds is 5. The lowest BCUT2D eigenvalue weighted by molar-refractivity contribution is -0.107. The van der Waals surface area contributed by atoms with Gasteiger partial charge in [0.2, 0.25) is 6.29 Å². The second-order valence-electron chi connectivity index (χ2n) is 3.25. The maximum absolute atomic E-state index is 11.6. The van der Waals surface area contributed by atoms with Crippen molar-refractivity contribution in [3.63, 3.8) is 0 Å². The maximum Gasteiger partial charge on any atom is 0.340 e. The number of phenols is 1. The molecular formula is C12H16O4. The summed E-state index contributed by atoms with van der Waals surface area (Å²) in [5.41, 5.74) is 0.399. The van der Waals surface area contributed by atoms with Gasteiger partial charge in [0.05, 0.1) is 5.56 Å². The van der Waals surface area contributed by atoms with Crippen LogP contribution in [-0.4, -0.2) is 24.0 Å². The smallest absolute Gasteiger partial charge is 0.340 e. The largest absolute Gasteiger partial charge is 0.508 e. The van der Waals surface area contributed by atoms with Gasteiger partial charge >= 0.3 is 5.97 Å². The molecular weight excluding hydrogens is 208 g/mol. The van der Waals surface area contributed by atoms with Gasteiger partial charge in [-0.05, 0) is 31.2 Å². The summed E-state index contributed by atoms with van der Waals surface area (Å²) >= 11 is 0. The molecule has 1 atom stereocenters. The van der Waals surface area contributed by atoms with Gasteiger partial charge in [-0.1, -0.05) is 6.92 Å². The van der Waals surface area contributed by atoms with E-state index in [4.69, 9.17) is 14.6 Å². The number of phenolic OH excluding ortho intramolecular Hbond substituents is 1. The first-order valence-corrected chi connectivity index (χ1v) is 5.29. The first-order chi connectivity index (χ1) is 7.67. The molecule has 0 aliphatic carbocycles. The Bertz CT molecular complexity index is 331. The van der Waals surface area contributed by atoms with Crippen molar-refractivity contribution in [2.24, 2.45) is 0 Å². The number of aromatic hydroxyl groups is 1. The summed E-state index contributed by atoms with van der Waals surface area (Å²) in [6.07, 6.45) is 0.101. The molecule has 0 radical (unpaired) electrons. The SMILES string of the molecule is CCOC(CC)OC(=O)c1ccc(O)cc1. The Labute approximate surface area is 94.8 Å². The van der Waals surface area contributed by atoms with Gasteiger partial charge in [0.15, 0.2) is 0 Å². The van der Waals surface area contributed by atoms with Crippen molar-refractivity contribution in [3.8, 4) is 5.75 Å². The van der Waals surface area contributed by atoms with Crippen molar-refractivity contribution in [1.29, 1.82) is 0 Å². The summed E-state index contributed by atoms with van der Waals surface area (Å²) in [4.78, 5) is 11.6. The minimum atomic E-state index is -0.508. The van der Waals surface area contributed by atoms with Crippen molar-refractivity contribution in [1.82, 2.24) is 0 Å². The third-order valence-electron chi connectivity index (χ3n) is 2.03. The van der Waals surface area contributed by atoms with Crippen molar-refractivity contribution < 1.29 is 19.4 Å². The first-order valence-electron chi connectivity index (χ1n) is 5.29.